The topological polar surface area (TPSA) is 49.3 Å². The minimum Gasteiger partial charge on any atom is -0.376 e. The van der Waals surface area contributed by atoms with E-state index in [9.17, 15) is 0 Å². The van der Waals surface area contributed by atoms with Gasteiger partial charge in [-0.1, -0.05) is 30.3 Å². The number of ether oxygens (including phenoxy) is 2. The molecule has 6 nitrogen and oxygen atoms in total. The zero-order chi connectivity index (χ0) is 19.2. The van der Waals surface area contributed by atoms with Crippen LogP contribution in [0.3, 0.4) is 0 Å². The van der Waals surface area contributed by atoms with E-state index in [2.05, 4.69) is 44.4 Å². The average Bonchev–Trinajstić information content (AvgIpc) is 3.38. The number of aliphatic imine (C=N–C) groups is 1. The number of benzene rings is 1. The van der Waals surface area contributed by atoms with Gasteiger partial charge in [-0.3, -0.25) is 9.89 Å². The first-order valence-electron chi connectivity index (χ1n) is 10.7. The van der Waals surface area contributed by atoms with Crippen molar-refractivity contribution in [3.05, 3.63) is 35.9 Å². The highest BCUT2D eigenvalue weighted by molar-refractivity contribution is 5.80. The smallest absolute Gasteiger partial charge is 0.193 e. The maximum Gasteiger partial charge on any atom is 0.193 e. The highest BCUT2D eigenvalue weighted by Gasteiger charge is 2.32. The van der Waals surface area contributed by atoms with Crippen LogP contribution >= 0.6 is 0 Å². The number of fused-ring (bicyclic) bond motifs is 1. The second-order valence-corrected chi connectivity index (χ2v) is 8.28. The molecule has 0 bridgehead atoms. The molecule has 1 N–H and O–H groups in total. The largest absolute Gasteiger partial charge is 0.376 e. The summed E-state index contributed by atoms with van der Waals surface area (Å²) in [6.45, 7) is 7.55. The normalized spacial score (nSPS) is 28.5. The summed E-state index contributed by atoms with van der Waals surface area (Å²) in [5, 5.41) is 3.55. The summed E-state index contributed by atoms with van der Waals surface area (Å²) < 4.78 is 12.0. The predicted molar refractivity (Wildman–Crippen MR) is 111 cm³/mol. The highest BCUT2D eigenvalue weighted by Crippen LogP contribution is 2.22. The number of likely N-dealkylation sites (tertiary alicyclic amines) is 1. The van der Waals surface area contributed by atoms with Crippen molar-refractivity contribution in [1.82, 2.24) is 15.1 Å². The highest BCUT2D eigenvalue weighted by atomic mass is 16.5. The van der Waals surface area contributed by atoms with Gasteiger partial charge in [-0.05, 0) is 31.4 Å². The lowest BCUT2D eigenvalue weighted by Crippen LogP contribution is -2.51. The first-order valence-corrected chi connectivity index (χ1v) is 10.7. The molecule has 154 valence electrons. The summed E-state index contributed by atoms with van der Waals surface area (Å²) in [6.07, 6.45) is 4.03. The summed E-state index contributed by atoms with van der Waals surface area (Å²) in [7, 11) is 1.87. The molecule has 0 aliphatic carbocycles. The first kappa shape index (κ1) is 19.7. The monoisotopic (exact) mass is 386 g/mol. The average molecular weight is 387 g/mol. The van der Waals surface area contributed by atoms with Crippen LogP contribution in [-0.4, -0.2) is 80.9 Å². The van der Waals surface area contributed by atoms with Crippen molar-refractivity contribution in [2.24, 2.45) is 10.9 Å². The van der Waals surface area contributed by atoms with E-state index in [-0.39, 0.29) is 6.10 Å². The number of guanidine groups is 1. The molecule has 4 rings (SSSR count). The quantitative estimate of drug-likeness (QED) is 0.598. The van der Waals surface area contributed by atoms with Gasteiger partial charge in [0.2, 0.25) is 0 Å². The van der Waals surface area contributed by atoms with E-state index in [4.69, 9.17) is 9.47 Å². The minimum atomic E-state index is 0.263. The SMILES string of the molecule is CN=C(NCC1CN2CCCC2CO1)N1CCC(COCc2ccccc2)C1. The van der Waals surface area contributed by atoms with Crippen LogP contribution in [0.25, 0.3) is 0 Å². The van der Waals surface area contributed by atoms with Gasteiger partial charge in [0.05, 0.1) is 25.9 Å². The van der Waals surface area contributed by atoms with E-state index in [1.807, 2.05) is 13.1 Å². The van der Waals surface area contributed by atoms with Crippen LogP contribution < -0.4 is 5.32 Å². The van der Waals surface area contributed by atoms with Crippen LogP contribution in [0.1, 0.15) is 24.8 Å². The Hall–Kier alpha value is -1.63. The summed E-state index contributed by atoms with van der Waals surface area (Å²) in [4.78, 5) is 9.46. The predicted octanol–water partition coefficient (Wildman–Crippen LogP) is 1.96. The Morgan fingerprint density at radius 3 is 2.96 bits per heavy atom. The van der Waals surface area contributed by atoms with Crippen molar-refractivity contribution in [3.63, 3.8) is 0 Å². The molecular formula is C22H34N4O2. The van der Waals surface area contributed by atoms with Crippen LogP contribution in [0.5, 0.6) is 0 Å². The fourth-order valence-electron chi connectivity index (χ4n) is 4.63. The van der Waals surface area contributed by atoms with Crippen molar-refractivity contribution >= 4 is 5.96 Å². The van der Waals surface area contributed by atoms with Crippen molar-refractivity contribution in [2.75, 3.05) is 53.0 Å². The molecule has 1 aromatic rings. The van der Waals surface area contributed by atoms with Crippen LogP contribution in [0.2, 0.25) is 0 Å². The second kappa shape index (κ2) is 9.72. The number of nitrogens with zero attached hydrogens (tertiary/aromatic N) is 3. The number of hydrogen-bond acceptors (Lipinski definition) is 4. The molecule has 1 aromatic carbocycles. The fourth-order valence-corrected chi connectivity index (χ4v) is 4.63. The Balaban J connectivity index is 1.17. The van der Waals surface area contributed by atoms with Crippen molar-refractivity contribution in [3.8, 4) is 0 Å². The van der Waals surface area contributed by atoms with Gasteiger partial charge >= 0.3 is 0 Å². The fraction of sp³-hybridized carbons (Fsp3) is 0.682. The van der Waals surface area contributed by atoms with E-state index in [1.165, 1.54) is 24.9 Å². The third kappa shape index (κ3) is 5.04. The third-order valence-electron chi connectivity index (χ3n) is 6.21. The standard InChI is InChI=1S/C22H34N4O2/c1-23-22(24-12-21-14-25-10-5-8-20(25)17-28-21)26-11-9-19(13-26)16-27-15-18-6-3-2-4-7-18/h2-4,6-7,19-21H,5,8-17H2,1H3,(H,23,24). The molecule has 3 heterocycles. The molecular weight excluding hydrogens is 352 g/mol. The van der Waals surface area contributed by atoms with Crippen LogP contribution in [-0.2, 0) is 16.1 Å². The van der Waals surface area contributed by atoms with Gasteiger partial charge < -0.3 is 19.7 Å². The van der Waals surface area contributed by atoms with Gasteiger partial charge in [-0.25, -0.2) is 0 Å². The number of morpholine rings is 1. The van der Waals surface area contributed by atoms with Crippen molar-refractivity contribution in [2.45, 2.75) is 38.0 Å². The molecule has 3 aliphatic rings. The molecule has 3 unspecified atom stereocenters. The zero-order valence-electron chi connectivity index (χ0n) is 17.1. The maximum absolute atomic E-state index is 6.07. The first-order chi connectivity index (χ1) is 13.8. The van der Waals surface area contributed by atoms with Crippen LogP contribution in [0.15, 0.2) is 35.3 Å². The Labute approximate surface area is 168 Å². The van der Waals surface area contributed by atoms with Gasteiger partial charge in [0.25, 0.3) is 0 Å². The third-order valence-corrected chi connectivity index (χ3v) is 6.21. The Bertz CT molecular complexity index is 639. The van der Waals surface area contributed by atoms with E-state index in [0.717, 1.165) is 51.8 Å². The maximum atomic E-state index is 6.07. The van der Waals surface area contributed by atoms with E-state index < -0.39 is 0 Å². The number of hydrogen-bond donors (Lipinski definition) is 1. The Morgan fingerprint density at radius 1 is 1.21 bits per heavy atom. The molecule has 0 spiro atoms. The lowest BCUT2D eigenvalue weighted by atomic mass is 10.1. The lowest BCUT2D eigenvalue weighted by molar-refractivity contribution is -0.0454. The van der Waals surface area contributed by atoms with Crippen LogP contribution in [0.4, 0.5) is 0 Å². The molecule has 0 aromatic heterocycles. The number of rotatable bonds is 6. The molecule has 28 heavy (non-hydrogen) atoms. The van der Waals surface area contributed by atoms with Gasteiger partial charge in [-0.2, -0.15) is 0 Å². The summed E-state index contributed by atoms with van der Waals surface area (Å²) in [5.41, 5.74) is 1.24. The molecule has 3 fully saturated rings. The van der Waals surface area contributed by atoms with E-state index >= 15 is 0 Å². The molecule has 0 saturated carbocycles. The van der Waals surface area contributed by atoms with Gasteiger partial charge in [0, 0.05) is 45.2 Å². The van der Waals surface area contributed by atoms with Crippen LogP contribution in [0, 0.1) is 5.92 Å². The van der Waals surface area contributed by atoms with Gasteiger partial charge in [-0.15, -0.1) is 0 Å². The van der Waals surface area contributed by atoms with Crippen molar-refractivity contribution < 1.29 is 9.47 Å². The lowest BCUT2D eigenvalue weighted by Gasteiger charge is -2.35. The van der Waals surface area contributed by atoms with E-state index in [0.29, 0.717) is 18.6 Å². The Morgan fingerprint density at radius 2 is 2.11 bits per heavy atom. The molecule has 3 atom stereocenters. The van der Waals surface area contributed by atoms with Gasteiger partial charge in [0.1, 0.15) is 0 Å². The molecule has 3 aliphatic heterocycles. The Kier molecular flexibility index (Phi) is 6.83. The molecule has 0 radical (unpaired) electrons. The molecule has 0 amide bonds. The summed E-state index contributed by atoms with van der Waals surface area (Å²) in [5.74, 6) is 1.57. The zero-order valence-corrected chi connectivity index (χ0v) is 17.1. The number of nitrogens with one attached hydrogen (secondary N) is 1. The minimum absolute atomic E-state index is 0.263. The van der Waals surface area contributed by atoms with Gasteiger partial charge in [0.15, 0.2) is 5.96 Å². The second-order valence-electron chi connectivity index (χ2n) is 8.28. The molecule has 3 saturated heterocycles. The summed E-state index contributed by atoms with van der Waals surface area (Å²) in [6, 6.07) is 11.1. The van der Waals surface area contributed by atoms with Crippen molar-refractivity contribution in [1.29, 1.82) is 0 Å². The summed E-state index contributed by atoms with van der Waals surface area (Å²) >= 11 is 0. The molecule has 6 heteroatoms. The van der Waals surface area contributed by atoms with E-state index in [1.54, 1.807) is 0 Å².